The third-order valence-electron chi connectivity index (χ3n) is 17.8. The number of nitrogens with one attached hydrogen (secondary N) is 5. The smallest absolute Gasteiger partial charge is 0.404 e. The summed E-state index contributed by atoms with van der Waals surface area (Å²) in [5.74, 6) is -6.13. The van der Waals surface area contributed by atoms with Gasteiger partial charge in [0, 0.05) is 95.3 Å². The molecule has 0 aromatic heterocycles. The fraction of sp³-hybridized carbons (Fsp3) is 0.756. The van der Waals surface area contributed by atoms with Crippen LogP contribution in [0.4, 0.5) is 4.79 Å². The molecule has 67 heavy (non-hydrogen) atoms. The second kappa shape index (κ2) is 16.4. The molecule has 19 atom stereocenters. The molecule has 1 aromatic carbocycles. The Balaban J connectivity index is 0.000000223. The SMILES string of the molecule is CCN1C[C@]2(COC)[C@H](O)C[C@H](OC)[C@]34C1[C@H]([C@H](OC)[C@H]23)[C@]1(OC(C)=O)[C@H]2[C@@H](OC(=O)c3ccccc3)[C@](O)(C[C@H]24)[C@@H](OC)[C@@H]1O.N=C1N[C@H]2C(COC(N)=O)NC(=N)C3CCC(O)(O)[C@@]32N1. The molecule has 6 aliphatic carbocycles. The van der Waals surface area contributed by atoms with Crippen LogP contribution >= 0.6 is 0 Å². The van der Waals surface area contributed by atoms with Gasteiger partial charge in [0.15, 0.2) is 17.3 Å². The molecule has 370 valence electrons. The van der Waals surface area contributed by atoms with E-state index in [-0.39, 0.29) is 49.8 Å². The molecule has 1 aromatic rings. The van der Waals surface area contributed by atoms with Gasteiger partial charge >= 0.3 is 18.0 Å². The van der Waals surface area contributed by atoms with E-state index in [4.69, 9.17) is 49.7 Å². The van der Waals surface area contributed by atoms with Crippen molar-refractivity contribution in [2.75, 3.05) is 54.7 Å². The zero-order valence-electron chi connectivity index (χ0n) is 38.5. The van der Waals surface area contributed by atoms with Crippen molar-refractivity contribution in [1.82, 2.24) is 20.9 Å². The number of rotatable bonds is 11. The molecule has 9 aliphatic rings. The molecule has 1 amide bonds. The molecule has 0 radical (unpaired) electrons. The molecule has 3 unspecified atom stereocenters. The summed E-state index contributed by atoms with van der Waals surface area (Å²) in [5, 5.41) is 82.4. The van der Waals surface area contributed by atoms with Crippen molar-refractivity contribution in [2.24, 2.45) is 46.2 Å². The fourth-order valence-corrected chi connectivity index (χ4v) is 16.1. The maximum absolute atomic E-state index is 13.8. The molecule has 12 N–H and O–H groups in total. The van der Waals surface area contributed by atoms with Gasteiger partial charge in [0.05, 0.1) is 48.4 Å². The average Bonchev–Trinajstić information content (AvgIpc) is 3.93. The third-order valence-corrected chi connectivity index (χ3v) is 17.8. The monoisotopic (exact) mass is 943 g/mol. The van der Waals surface area contributed by atoms with E-state index in [2.05, 4.69) is 20.9 Å². The van der Waals surface area contributed by atoms with Crippen LogP contribution < -0.4 is 21.7 Å². The van der Waals surface area contributed by atoms with Crippen molar-refractivity contribution in [3.05, 3.63) is 35.9 Å². The maximum atomic E-state index is 13.8. The molecule has 3 saturated heterocycles. The van der Waals surface area contributed by atoms with Crippen molar-refractivity contribution in [1.29, 1.82) is 10.8 Å². The highest BCUT2D eigenvalue weighted by Crippen LogP contribution is 2.80. The van der Waals surface area contributed by atoms with Crippen LogP contribution in [-0.4, -0.2) is 192 Å². The molecule has 10 rings (SSSR count). The van der Waals surface area contributed by atoms with E-state index < -0.39 is 124 Å². The highest BCUT2D eigenvalue weighted by Gasteiger charge is 2.92. The molecule has 9 fully saturated rings. The number of esters is 2. The number of likely N-dealkylation sites (tertiary alicyclic amines) is 1. The number of methoxy groups -OCH3 is 4. The summed E-state index contributed by atoms with van der Waals surface area (Å²) < 4.78 is 42.2. The Labute approximate surface area is 387 Å². The number of guanidine groups is 1. The number of piperidine rings is 2. The van der Waals surface area contributed by atoms with E-state index in [1.54, 1.807) is 51.7 Å². The molecule has 22 heteroatoms. The molecular weight excluding hydrogens is 879 g/mol. The normalized spacial score (nSPS) is 46.7. The number of aliphatic hydroxyl groups is 5. The Morgan fingerprint density at radius 2 is 1.69 bits per heavy atom. The molecule has 22 nitrogen and oxygen atoms in total. The topological polar surface area (TPSA) is 330 Å². The molecule has 2 spiro atoms. The Bertz CT molecular complexity index is 2160. The van der Waals surface area contributed by atoms with Gasteiger partial charge in [-0.3, -0.25) is 20.5 Å². The van der Waals surface area contributed by atoms with Gasteiger partial charge in [-0.05, 0) is 37.4 Å². The number of ether oxygens (including phenoxy) is 7. The van der Waals surface area contributed by atoms with Crippen LogP contribution in [0.5, 0.6) is 0 Å². The molecule has 3 aliphatic heterocycles. The van der Waals surface area contributed by atoms with E-state index in [1.807, 2.05) is 6.92 Å². The first-order chi connectivity index (χ1) is 31.8. The van der Waals surface area contributed by atoms with Crippen molar-refractivity contribution in [3.8, 4) is 0 Å². The molecule has 6 saturated carbocycles. The Morgan fingerprint density at radius 3 is 2.30 bits per heavy atom. The lowest BCUT2D eigenvalue weighted by Crippen LogP contribution is -2.81. The number of hydrogen-bond donors (Lipinski definition) is 11. The van der Waals surface area contributed by atoms with E-state index in [9.17, 15) is 39.9 Å². The second-order valence-electron chi connectivity index (χ2n) is 20.1. The lowest BCUT2D eigenvalue weighted by Gasteiger charge is -2.70. The highest BCUT2D eigenvalue weighted by molar-refractivity contribution is 5.91. The predicted molar refractivity (Wildman–Crippen MR) is 231 cm³/mol. The van der Waals surface area contributed by atoms with Gasteiger partial charge in [-0.15, -0.1) is 0 Å². The summed E-state index contributed by atoms with van der Waals surface area (Å²) in [4.78, 5) is 40.1. The van der Waals surface area contributed by atoms with Crippen LogP contribution in [0.2, 0.25) is 0 Å². The van der Waals surface area contributed by atoms with Gasteiger partial charge < -0.3 is 80.4 Å². The average molecular weight is 944 g/mol. The number of aliphatic hydroxyl groups excluding tert-OH is 2. The lowest BCUT2D eigenvalue weighted by atomic mass is 9.42. The number of fused-ring (bicyclic) bond motifs is 2. The largest absolute Gasteiger partial charge is 0.455 e. The summed E-state index contributed by atoms with van der Waals surface area (Å²) in [6.07, 6.45) is -5.95. The maximum Gasteiger partial charge on any atom is 0.404 e. The van der Waals surface area contributed by atoms with Crippen molar-refractivity contribution >= 4 is 29.8 Å². The molecule has 3 heterocycles. The minimum atomic E-state index is -2.07. The van der Waals surface area contributed by atoms with Crippen LogP contribution in [-0.2, 0) is 38.0 Å². The number of hydrogen-bond acceptors (Lipinski definition) is 18. The first-order valence-corrected chi connectivity index (χ1v) is 23.0. The first-order valence-electron chi connectivity index (χ1n) is 23.0. The van der Waals surface area contributed by atoms with Crippen molar-refractivity contribution < 1.29 is 73.1 Å². The van der Waals surface area contributed by atoms with Crippen LogP contribution in [0, 0.1) is 51.2 Å². The number of primary amides is 1. The van der Waals surface area contributed by atoms with Crippen LogP contribution in [0.1, 0.15) is 49.9 Å². The Hall–Kier alpha value is -4.23. The van der Waals surface area contributed by atoms with Gasteiger partial charge in [0.2, 0.25) is 0 Å². The van der Waals surface area contributed by atoms with Gasteiger partial charge in [-0.2, -0.15) is 0 Å². The number of carbonyl (C=O) groups is 3. The van der Waals surface area contributed by atoms with E-state index in [0.717, 1.165) is 0 Å². The highest BCUT2D eigenvalue weighted by atomic mass is 16.6. The van der Waals surface area contributed by atoms with Crippen molar-refractivity contribution in [3.63, 3.8) is 0 Å². The third kappa shape index (κ3) is 6.13. The number of nitrogens with zero attached hydrogens (tertiary/aromatic N) is 1. The number of amidine groups is 1. The van der Waals surface area contributed by atoms with E-state index in [1.165, 1.54) is 14.0 Å². The lowest BCUT2D eigenvalue weighted by molar-refractivity contribution is -0.322. The first kappa shape index (κ1) is 47.8. The molecule has 7 bridgehead atoms. The fourth-order valence-electron chi connectivity index (χ4n) is 16.1. The van der Waals surface area contributed by atoms with Crippen molar-refractivity contribution in [2.45, 2.75) is 117 Å². The summed E-state index contributed by atoms with van der Waals surface area (Å²) in [6, 6.07) is 6.96. The van der Waals surface area contributed by atoms with Gasteiger partial charge in [0.25, 0.3) is 0 Å². The number of amides is 1. The predicted octanol–water partition coefficient (Wildman–Crippen LogP) is -2.00. The van der Waals surface area contributed by atoms with E-state index in [0.29, 0.717) is 31.5 Å². The summed E-state index contributed by atoms with van der Waals surface area (Å²) in [6.45, 7) is 4.53. The summed E-state index contributed by atoms with van der Waals surface area (Å²) in [7, 11) is 6.27. The van der Waals surface area contributed by atoms with Crippen LogP contribution in [0.25, 0.3) is 0 Å². The summed E-state index contributed by atoms with van der Waals surface area (Å²) in [5.41, 5.74) is -1.13. The number of carbonyl (C=O) groups excluding carboxylic acids is 3. The number of benzene rings is 1. The standard InChI is InChI=1S/C34H47NO11.C11H18N6O4/c1-7-35-15-31(16-41-3)20(37)13-21(42-4)33-19-14-32(40)28(45-30(39)18-11-9-8-10-12-18)22(19)34(46-17(2)36,27(38)29(32)44-6)23(26(33)35)24(43-5)25(31)33;12-7-4-1-2-10(19,20)11(4)6(16-8(13)17-11)5(15-7)3-21-9(14)18/h8-12,19-29,37-38,40H,7,13-16H2,1-6H3;4-6,19-20H,1-3H2,(H2,12,15)(H2,14,18)(H3,13,16,17)/t19-,20-,21+,22-,23+,24+,25-,26?,27+,28-,29+,31+,32-,33+,34-;4?,5?,6-,11+/m10/s1. The van der Waals surface area contributed by atoms with Crippen LogP contribution in [0.3, 0.4) is 0 Å². The molecular formula is C45H65N7O15. The summed E-state index contributed by atoms with van der Waals surface area (Å²) >= 11 is 0. The number of nitrogens with two attached hydrogens (primary N) is 1. The van der Waals surface area contributed by atoms with E-state index >= 15 is 0 Å². The van der Waals surface area contributed by atoms with Crippen LogP contribution in [0.15, 0.2) is 30.3 Å². The van der Waals surface area contributed by atoms with Gasteiger partial charge in [0.1, 0.15) is 36.1 Å². The zero-order valence-corrected chi connectivity index (χ0v) is 38.5. The van der Waals surface area contributed by atoms with Gasteiger partial charge in [-0.1, -0.05) is 25.1 Å². The minimum absolute atomic E-state index is 0.0556. The quantitative estimate of drug-likeness (QED) is 0.0650. The minimum Gasteiger partial charge on any atom is -0.455 e. The zero-order chi connectivity index (χ0) is 48.4. The van der Waals surface area contributed by atoms with Gasteiger partial charge in [-0.25, -0.2) is 9.59 Å². The Kier molecular flexibility index (Phi) is 11.7. The Morgan fingerprint density at radius 1 is 0.970 bits per heavy atom. The second-order valence-corrected chi connectivity index (χ2v) is 20.1.